The van der Waals surface area contributed by atoms with Crippen LogP contribution >= 0.6 is 11.3 Å². The van der Waals surface area contributed by atoms with Crippen molar-refractivity contribution < 1.29 is 18.0 Å². The number of hydrogen-bond donors (Lipinski definition) is 2. The average Bonchev–Trinajstić information content (AvgIpc) is 3.11. The molecule has 0 radical (unpaired) electrons. The van der Waals surface area contributed by atoms with Gasteiger partial charge in [-0.1, -0.05) is 30.3 Å². The number of carbonyl (C=O) groups is 2. The molecule has 7 nitrogen and oxygen atoms in total. The molecular weight excluding hydrogens is 386 g/mol. The maximum atomic E-state index is 13.1. The van der Waals surface area contributed by atoms with E-state index >= 15 is 0 Å². The summed E-state index contributed by atoms with van der Waals surface area (Å²) in [5.41, 5.74) is 1.23. The summed E-state index contributed by atoms with van der Waals surface area (Å²) in [7, 11) is -4.00. The Morgan fingerprint density at radius 3 is 2.63 bits per heavy atom. The van der Waals surface area contributed by atoms with Crippen molar-refractivity contribution in [1.29, 1.82) is 0 Å². The minimum atomic E-state index is -4.00. The van der Waals surface area contributed by atoms with E-state index in [0.717, 1.165) is 5.56 Å². The van der Waals surface area contributed by atoms with Gasteiger partial charge in [0.05, 0.1) is 12.2 Å². The van der Waals surface area contributed by atoms with Crippen LogP contribution in [0.3, 0.4) is 0 Å². The Kier molecular flexibility index (Phi) is 5.62. The zero-order valence-electron chi connectivity index (χ0n) is 14.6. The summed E-state index contributed by atoms with van der Waals surface area (Å²) in [5, 5.41) is 7.11. The lowest BCUT2D eigenvalue weighted by atomic mass is 10.2. The second kappa shape index (κ2) is 7.93. The summed E-state index contributed by atoms with van der Waals surface area (Å²) in [5.74, 6) is -0.695. The third-order valence-electron chi connectivity index (χ3n) is 3.96. The molecule has 0 spiro atoms. The monoisotopic (exact) mass is 405 g/mol. The molecular formula is C18H19N3O4S2. The number of amides is 1. The molecule has 27 heavy (non-hydrogen) atoms. The molecule has 0 aliphatic carbocycles. The lowest BCUT2D eigenvalue weighted by Crippen LogP contribution is -2.39. The van der Waals surface area contributed by atoms with Crippen molar-refractivity contribution in [3.63, 3.8) is 0 Å². The summed E-state index contributed by atoms with van der Waals surface area (Å²) < 4.78 is 27.4. The fourth-order valence-electron chi connectivity index (χ4n) is 2.68. The number of sulfonamides is 1. The topological polar surface area (TPSA) is 95.6 Å². The summed E-state index contributed by atoms with van der Waals surface area (Å²) in [4.78, 5) is 23.7. The number of nitrogens with zero attached hydrogens (tertiary/aromatic N) is 1. The van der Waals surface area contributed by atoms with E-state index in [1.807, 2.05) is 30.3 Å². The van der Waals surface area contributed by atoms with E-state index in [1.54, 1.807) is 11.4 Å². The fourth-order valence-corrected chi connectivity index (χ4v) is 5.19. The van der Waals surface area contributed by atoms with Crippen molar-refractivity contribution in [2.45, 2.75) is 13.5 Å². The number of ketones is 1. The second-order valence-corrected chi connectivity index (χ2v) is 8.65. The molecule has 2 aromatic rings. The molecule has 1 aromatic heterocycles. The molecule has 0 fully saturated rings. The third-order valence-corrected chi connectivity index (χ3v) is 6.62. The number of anilines is 1. The number of carbonyl (C=O) groups excluding carboxylic acids is 2. The predicted molar refractivity (Wildman–Crippen MR) is 105 cm³/mol. The zero-order chi connectivity index (χ0) is 19.4. The number of hydrogen-bond acceptors (Lipinski definition) is 6. The van der Waals surface area contributed by atoms with Crippen molar-refractivity contribution in [2.24, 2.45) is 0 Å². The number of rotatable bonds is 6. The number of thiophene rings is 1. The van der Waals surface area contributed by atoms with Gasteiger partial charge in [0, 0.05) is 26.2 Å². The van der Waals surface area contributed by atoms with Crippen LogP contribution in [0, 0.1) is 0 Å². The number of nitrogens with one attached hydrogen (secondary N) is 2. The van der Waals surface area contributed by atoms with Gasteiger partial charge < -0.3 is 10.6 Å². The molecule has 3 rings (SSSR count). The third kappa shape index (κ3) is 4.04. The highest BCUT2D eigenvalue weighted by Crippen LogP contribution is 2.39. The Hall–Kier alpha value is -2.65. The van der Waals surface area contributed by atoms with Gasteiger partial charge in [-0.15, -0.1) is 11.3 Å². The van der Waals surface area contributed by atoms with Crippen LogP contribution in [0.5, 0.6) is 0 Å². The van der Waals surface area contributed by atoms with Crippen LogP contribution in [0.4, 0.5) is 5.69 Å². The maximum Gasteiger partial charge on any atom is 0.270 e. The molecule has 0 atom stereocenters. The van der Waals surface area contributed by atoms with Crippen molar-refractivity contribution in [3.05, 3.63) is 63.3 Å². The molecule has 2 heterocycles. The van der Waals surface area contributed by atoms with Crippen LogP contribution in [-0.2, 0) is 21.4 Å². The normalized spacial score (nSPS) is 16.9. The summed E-state index contributed by atoms with van der Waals surface area (Å²) in [6.45, 7) is 2.17. The van der Waals surface area contributed by atoms with Crippen LogP contribution in [0.1, 0.15) is 22.2 Å². The van der Waals surface area contributed by atoms with E-state index in [0.29, 0.717) is 23.7 Å². The van der Waals surface area contributed by atoms with E-state index < -0.39 is 15.8 Å². The molecule has 1 amide bonds. The molecule has 0 unspecified atom stereocenters. The molecule has 142 valence electrons. The van der Waals surface area contributed by atoms with Gasteiger partial charge in [0.25, 0.3) is 10.0 Å². The summed E-state index contributed by atoms with van der Waals surface area (Å²) >= 11 is 1.22. The molecule has 0 bridgehead atoms. The largest absolute Gasteiger partial charge is 0.388 e. The SMILES string of the molecule is CC(=O)NCCN/C=C1/C(=O)c2sccc2N(Cc2ccccc2)S1(=O)=O. The zero-order valence-corrected chi connectivity index (χ0v) is 16.3. The van der Waals surface area contributed by atoms with E-state index in [4.69, 9.17) is 0 Å². The van der Waals surface area contributed by atoms with Crippen molar-refractivity contribution in [2.75, 3.05) is 17.4 Å². The first-order valence-corrected chi connectivity index (χ1v) is 10.6. The lowest BCUT2D eigenvalue weighted by molar-refractivity contribution is -0.118. The smallest absolute Gasteiger partial charge is 0.270 e. The van der Waals surface area contributed by atoms with Gasteiger partial charge in [0.1, 0.15) is 4.88 Å². The Bertz CT molecular complexity index is 981. The number of Topliss-reactive ketones (excluding diaryl/α,β-unsaturated/α-hetero) is 1. The van der Waals surface area contributed by atoms with Crippen LogP contribution in [0.25, 0.3) is 0 Å². The standard InChI is InChI=1S/C18H19N3O4S2/c1-13(22)20-9-8-19-11-16-17(23)18-15(7-10-26-18)21(27(16,24)25)12-14-5-3-2-4-6-14/h2-7,10-11,19H,8-9,12H2,1H3,(H,20,22)/b16-11-. The molecule has 0 saturated heterocycles. The Balaban J connectivity index is 1.89. The first kappa shape index (κ1) is 19.1. The van der Waals surface area contributed by atoms with Gasteiger partial charge in [0.15, 0.2) is 4.91 Å². The lowest BCUT2D eigenvalue weighted by Gasteiger charge is -2.29. The van der Waals surface area contributed by atoms with Crippen LogP contribution in [0.2, 0.25) is 0 Å². The first-order chi connectivity index (χ1) is 12.9. The van der Waals surface area contributed by atoms with Crippen LogP contribution < -0.4 is 14.9 Å². The second-order valence-electron chi connectivity index (χ2n) is 5.91. The average molecular weight is 406 g/mol. The summed E-state index contributed by atoms with van der Waals surface area (Å²) in [6.07, 6.45) is 1.22. The highest BCUT2D eigenvalue weighted by atomic mass is 32.2. The minimum Gasteiger partial charge on any atom is -0.388 e. The number of fused-ring (bicyclic) bond motifs is 1. The highest BCUT2D eigenvalue weighted by molar-refractivity contribution is 7.97. The Morgan fingerprint density at radius 2 is 1.93 bits per heavy atom. The van der Waals surface area contributed by atoms with Gasteiger partial charge in [-0.3, -0.25) is 13.9 Å². The van der Waals surface area contributed by atoms with Gasteiger partial charge in [-0.05, 0) is 17.0 Å². The highest BCUT2D eigenvalue weighted by Gasteiger charge is 2.41. The Labute approximate surface area is 161 Å². The summed E-state index contributed by atoms with van der Waals surface area (Å²) in [6, 6.07) is 10.9. The fraction of sp³-hybridized carbons (Fsp3) is 0.222. The first-order valence-electron chi connectivity index (χ1n) is 8.28. The Morgan fingerprint density at radius 1 is 1.19 bits per heavy atom. The van der Waals surface area contributed by atoms with E-state index in [2.05, 4.69) is 10.6 Å². The van der Waals surface area contributed by atoms with Gasteiger partial charge >= 0.3 is 0 Å². The quantitative estimate of drug-likeness (QED) is 0.565. The molecule has 1 aliphatic heterocycles. The molecule has 1 aliphatic rings. The molecule has 9 heteroatoms. The van der Waals surface area contributed by atoms with Gasteiger partial charge in [-0.2, -0.15) is 0 Å². The van der Waals surface area contributed by atoms with E-state index in [9.17, 15) is 18.0 Å². The number of allylic oxidation sites excluding steroid dienone is 1. The van der Waals surface area contributed by atoms with Crippen LogP contribution in [-0.4, -0.2) is 33.2 Å². The van der Waals surface area contributed by atoms with Gasteiger partial charge in [-0.25, -0.2) is 8.42 Å². The molecule has 1 aromatic carbocycles. The number of benzene rings is 1. The van der Waals surface area contributed by atoms with Crippen molar-refractivity contribution >= 4 is 38.7 Å². The predicted octanol–water partition coefficient (Wildman–Crippen LogP) is 1.85. The van der Waals surface area contributed by atoms with Gasteiger partial charge in [0.2, 0.25) is 11.7 Å². The molecule has 0 saturated carbocycles. The molecule has 2 N–H and O–H groups in total. The van der Waals surface area contributed by atoms with E-state index in [-0.39, 0.29) is 17.4 Å². The van der Waals surface area contributed by atoms with E-state index in [1.165, 1.54) is 28.8 Å². The maximum absolute atomic E-state index is 13.1. The van der Waals surface area contributed by atoms with Crippen molar-refractivity contribution in [3.8, 4) is 0 Å². The van der Waals surface area contributed by atoms with Crippen molar-refractivity contribution in [1.82, 2.24) is 10.6 Å². The minimum absolute atomic E-state index is 0.142. The van der Waals surface area contributed by atoms with Crippen LogP contribution in [0.15, 0.2) is 52.9 Å².